The molecule has 0 aliphatic carbocycles. The molecular formula is C13H13F2N3. The molecule has 1 aliphatic heterocycles. The molecule has 94 valence electrons. The molecule has 0 saturated carbocycles. The van der Waals surface area contributed by atoms with Crippen molar-refractivity contribution in [3.8, 4) is 11.3 Å². The molecule has 3 rings (SSSR count). The summed E-state index contributed by atoms with van der Waals surface area (Å²) in [5.74, 6) is -1.17. The number of nitrogens with zero attached hydrogens (tertiary/aromatic N) is 1. The molecule has 3 nitrogen and oxygen atoms in total. The molecule has 1 atom stereocenters. The molecule has 1 unspecified atom stereocenters. The van der Waals surface area contributed by atoms with E-state index in [9.17, 15) is 8.78 Å². The number of aromatic amines is 1. The summed E-state index contributed by atoms with van der Waals surface area (Å²) in [5, 5.41) is 10.3. The molecule has 1 aromatic carbocycles. The van der Waals surface area contributed by atoms with E-state index in [4.69, 9.17) is 0 Å². The fourth-order valence-corrected chi connectivity index (χ4v) is 2.30. The van der Waals surface area contributed by atoms with Gasteiger partial charge in [-0.3, -0.25) is 5.10 Å². The fourth-order valence-electron chi connectivity index (χ4n) is 2.30. The molecule has 0 radical (unpaired) electrons. The van der Waals surface area contributed by atoms with Crippen molar-refractivity contribution in [1.82, 2.24) is 15.5 Å². The highest BCUT2D eigenvalue weighted by molar-refractivity contribution is 5.60. The lowest BCUT2D eigenvalue weighted by Gasteiger charge is -2.05. The topological polar surface area (TPSA) is 40.7 Å². The molecule has 18 heavy (non-hydrogen) atoms. The minimum absolute atomic E-state index is 0.259. The molecule has 1 saturated heterocycles. The van der Waals surface area contributed by atoms with Crippen molar-refractivity contribution in [1.29, 1.82) is 0 Å². The monoisotopic (exact) mass is 249 g/mol. The third kappa shape index (κ3) is 2.01. The second kappa shape index (κ2) is 4.49. The summed E-state index contributed by atoms with van der Waals surface area (Å²) in [6, 6.07) is 5.60. The Hall–Kier alpha value is -1.75. The molecule has 5 heteroatoms. The number of hydrogen-bond donors (Lipinski definition) is 2. The zero-order chi connectivity index (χ0) is 12.5. The number of aromatic nitrogens is 2. The van der Waals surface area contributed by atoms with E-state index in [1.807, 2.05) is 6.07 Å². The molecule has 0 amide bonds. The minimum Gasteiger partial charge on any atom is -0.309 e. The Morgan fingerprint density at radius 3 is 2.83 bits per heavy atom. The first kappa shape index (κ1) is 11.3. The van der Waals surface area contributed by atoms with Crippen molar-refractivity contribution in [2.24, 2.45) is 0 Å². The van der Waals surface area contributed by atoms with Crippen LogP contribution < -0.4 is 5.32 Å². The van der Waals surface area contributed by atoms with Crippen LogP contribution >= 0.6 is 0 Å². The summed E-state index contributed by atoms with van der Waals surface area (Å²) >= 11 is 0. The number of nitrogens with one attached hydrogen (secondary N) is 2. The van der Waals surface area contributed by atoms with Gasteiger partial charge in [0, 0.05) is 17.7 Å². The summed E-state index contributed by atoms with van der Waals surface area (Å²) in [5.41, 5.74) is 1.78. The van der Waals surface area contributed by atoms with Crippen molar-refractivity contribution in [3.63, 3.8) is 0 Å². The van der Waals surface area contributed by atoms with E-state index >= 15 is 0 Å². The average molecular weight is 249 g/mol. The number of hydrogen-bond acceptors (Lipinski definition) is 2. The quantitative estimate of drug-likeness (QED) is 0.859. The van der Waals surface area contributed by atoms with E-state index in [0.29, 0.717) is 11.3 Å². The van der Waals surface area contributed by atoms with Crippen LogP contribution in [0.2, 0.25) is 0 Å². The van der Waals surface area contributed by atoms with Crippen molar-refractivity contribution < 1.29 is 8.78 Å². The predicted molar refractivity (Wildman–Crippen MR) is 63.9 cm³/mol. The van der Waals surface area contributed by atoms with Gasteiger partial charge in [0.25, 0.3) is 0 Å². The molecule has 1 aliphatic rings. The van der Waals surface area contributed by atoms with E-state index in [2.05, 4.69) is 15.5 Å². The predicted octanol–water partition coefficient (Wildman–Crippen LogP) is 2.78. The molecule has 1 aromatic heterocycles. The van der Waals surface area contributed by atoms with Crippen molar-refractivity contribution in [2.45, 2.75) is 18.9 Å². The SMILES string of the molecule is Fc1ccc(-c2cc(C3CCCN3)[nH]n2)c(F)c1. The highest BCUT2D eigenvalue weighted by Gasteiger charge is 2.19. The van der Waals surface area contributed by atoms with Crippen molar-refractivity contribution in [2.75, 3.05) is 6.54 Å². The maximum atomic E-state index is 13.6. The molecule has 0 bridgehead atoms. The van der Waals surface area contributed by atoms with E-state index in [1.54, 1.807) is 0 Å². The second-order valence-electron chi connectivity index (χ2n) is 4.48. The van der Waals surface area contributed by atoms with Crippen LogP contribution in [0.5, 0.6) is 0 Å². The summed E-state index contributed by atoms with van der Waals surface area (Å²) in [4.78, 5) is 0. The number of benzene rings is 1. The molecular weight excluding hydrogens is 236 g/mol. The number of H-pyrrole nitrogens is 1. The molecule has 2 N–H and O–H groups in total. The first-order chi connectivity index (χ1) is 8.74. The Morgan fingerprint density at radius 1 is 1.22 bits per heavy atom. The Balaban J connectivity index is 1.92. The first-order valence-corrected chi connectivity index (χ1v) is 5.98. The molecule has 0 spiro atoms. The van der Waals surface area contributed by atoms with Gasteiger partial charge in [0.05, 0.1) is 11.4 Å². The van der Waals surface area contributed by atoms with Gasteiger partial charge in [0.1, 0.15) is 11.6 Å². The largest absolute Gasteiger partial charge is 0.309 e. The zero-order valence-electron chi connectivity index (χ0n) is 9.71. The third-order valence-corrected chi connectivity index (χ3v) is 3.24. The van der Waals surface area contributed by atoms with Crippen LogP contribution in [0.3, 0.4) is 0 Å². The minimum atomic E-state index is -0.590. The summed E-state index contributed by atoms with van der Waals surface area (Å²) in [6.45, 7) is 0.990. The maximum Gasteiger partial charge on any atom is 0.135 e. The smallest absolute Gasteiger partial charge is 0.135 e. The third-order valence-electron chi connectivity index (χ3n) is 3.24. The van der Waals surface area contributed by atoms with Gasteiger partial charge >= 0.3 is 0 Å². The van der Waals surface area contributed by atoms with E-state index < -0.39 is 11.6 Å². The lowest BCUT2D eigenvalue weighted by Crippen LogP contribution is -2.12. The summed E-state index contributed by atoms with van der Waals surface area (Å²) < 4.78 is 26.4. The molecule has 1 fully saturated rings. The highest BCUT2D eigenvalue weighted by Crippen LogP contribution is 2.27. The Kier molecular flexibility index (Phi) is 2.83. The van der Waals surface area contributed by atoms with Crippen LogP contribution in [0, 0.1) is 11.6 Å². The van der Waals surface area contributed by atoms with Crippen LogP contribution in [0.4, 0.5) is 8.78 Å². The van der Waals surface area contributed by atoms with Gasteiger partial charge < -0.3 is 5.32 Å². The molecule has 2 heterocycles. The normalized spacial score (nSPS) is 19.3. The van der Waals surface area contributed by atoms with Gasteiger partial charge in [-0.2, -0.15) is 5.10 Å². The molecule has 2 aromatic rings. The Bertz CT molecular complexity index is 559. The first-order valence-electron chi connectivity index (χ1n) is 5.98. The average Bonchev–Trinajstić information content (AvgIpc) is 2.99. The highest BCUT2D eigenvalue weighted by atomic mass is 19.1. The van der Waals surface area contributed by atoms with E-state index in [1.165, 1.54) is 12.1 Å². The van der Waals surface area contributed by atoms with Gasteiger partial charge in [-0.1, -0.05) is 0 Å². The van der Waals surface area contributed by atoms with Crippen LogP contribution in [-0.4, -0.2) is 16.7 Å². The summed E-state index contributed by atoms with van der Waals surface area (Å²) in [6.07, 6.45) is 2.18. The van der Waals surface area contributed by atoms with Crippen LogP contribution in [0.25, 0.3) is 11.3 Å². The van der Waals surface area contributed by atoms with Crippen LogP contribution in [-0.2, 0) is 0 Å². The number of rotatable bonds is 2. The van der Waals surface area contributed by atoms with E-state index in [-0.39, 0.29) is 6.04 Å². The fraction of sp³-hybridized carbons (Fsp3) is 0.308. The Labute approximate surface area is 103 Å². The number of halogens is 2. The van der Waals surface area contributed by atoms with Crippen molar-refractivity contribution >= 4 is 0 Å². The standard InChI is InChI=1S/C13H13F2N3/c14-8-3-4-9(10(15)6-8)12-7-13(18-17-12)11-2-1-5-16-11/h3-4,6-7,11,16H,1-2,5H2,(H,17,18). The van der Waals surface area contributed by atoms with Gasteiger partial charge in [0.2, 0.25) is 0 Å². The maximum absolute atomic E-state index is 13.6. The van der Waals surface area contributed by atoms with Crippen LogP contribution in [0.15, 0.2) is 24.3 Å². The van der Waals surface area contributed by atoms with Crippen LogP contribution in [0.1, 0.15) is 24.6 Å². The lowest BCUT2D eigenvalue weighted by molar-refractivity contribution is 0.585. The second-order valence-corrected chi connectivity index (χ2v) is 4.48. The lowest BCUT2D eigenvalue weighted by atomic mass is 10.1. The van der Waals surface area contributed by atoms with Gasteiger partial charge in [-0.15, -0.1) is 0 Å². The van der Waals surface area contributed by atoms with Gasteiger partial charge in [-0.25, -0.2) is 8.78 Å². The van der Waals surface area contributed by atoms with Crippen molar-refractivity contribution in [3.05, 3.63) is 41.6 Å². The summed E-state index contributed by atoms with van der Waals surface area (Å²) in [7, 11) is 0. The van der Waals surface area contributed by atoms with Gasteiger partial charge in [-0.05, 0) is 37.6 Å². The Morgan fingerprint density at radius 2 is 2.11 bits per heavy atom. The van der Waals surface area contributed by atoms with Gasteiger partial charge in [0.15, 0.2) is 0 Å². The van der Waals surface area contributed by atoms with E-state index in [0.717, 1.165) is 31.1 Å². The zero-order valence-corrected chi connectivity index (χ0v) is 9.71.